The van der Waals surface area contributed by atoms with E-state index in [1.807, 2.05) is 0 Å². The van der Waals surface area contributed by atoms with Crippen LogP contribution in [0.5, 0.6) is 0 Å². The lowest BCUT2D eigenvalue weighted by Gasteiger charge is -2.28. The van der Waals surface area contributed by atoms with Crippen LogP contribution >= 0.6 is 11.6 Å². The van der Waals surface area contributed by atoms with Gasteiger partial charge in [-0.2, -0.15) is 5.26 Å². The van der Waals surface area contributed by atoms with Gasteiger partial charge in [-0.3, -0.25) is 4.79 Å². The fraction of sp³-hybridized carbons (Fsp3) is 0.263. The number of halogens is 3. The number of aromatic nitrogens is 1. The number of anilines is 1. The van der Waals surface area contributed by atoms with Gasteiger partial charge >= 0.3 is 6.02 Å². The molecule has 0 saturated heterocycles. The number of nitrogens with one attached hydrogen (secondary N) is 2. The van der Waals surface area contributed by atoms with Crippen molar-refractivity contribution in [3.63, 3.8) is 0 Å². The first kappa shape index (κ1) is 20.0. The number of hydrogen-bond acceptors (Lipinski definition) is 7. The van der Waals surface area contributed by atoms with Crippen molar-refractivity contribution in [3.05, 3.63) is 58.1 Å². The van der Waals surface area contributed by atoms with Crippen LogP contribution in [0.3, 0.4) is 0 Å². The maximum absolute atomic E-state index is 14.3. The lowest BCUT2D eigenvalue weighted by Crippen LogP contribution is -2.33. The van der Waals surface area contributed by atoms with Crippen molar-refractivity contribution < 1.29 is 18.4 Å². The molecule has 0 radical (unpaired) electrons. The Labute approximate surface area is 174 Å². The van der Waals surface area contributed by atoms with Crippen molar-refractivity contribution in [2.45, 2.75) is 18.0 Å². The summed E-state index contributed by atoms with van der Waals surface area (Å²) in [6, 6.07) is 6.72. The number of hydrogen-bond donors (Lipinski definition) is 3. The van der Waals surface area contributed by atoms with E-state index in [2.05, 4.69) is 20.8 Å². The van der Waals surface area contributed by atoms with Gasteiger partial charge in [-0.1, -0.05) is 11.6 Å². The summed E-state index contributed by atoms with van der Waals surface area (Å²) in [5.41, 5.74) is 7.11. The highest BCUT2D eigenvalue weighted by atomic mass is 35.5. The summed E-state index contributed by atoms with van der Waals surface area (Å²) < 4.78 is 28.4. The molecule has 154 valence electrons. The van der Waals surface area contributed by atoms with E-state index in [-0.39, 0.29) is 34.3 Å². The predicted octanol–water partition coefficient (Wildman–Crippen LogP) is 2.40. The van der Waals surface area contributed by atoms with Crippen molar-refractivity contribution in [3.8, 4) is 6.07 Å². The fourth-order valence-corrected chi connectivity index (χ4v) is 3.82. The third-order valence-corrected chi connectivity index (χ3v) is 5.44. The van der Waals surface area contributed by atoms with Gasteiger partial charge in [0.1, 0.15) is 18.3 Å². The summed E-state index contributed by atoms with van der Waals surface area (Å²) in [7, 11) is 0. The molecule has 1 aliphatic heterocycles. The number of fused-ring (bicyclic) bond motifs is 1. The van der Waals surface area contributed by atoms with Gasteiger partial charge in [-0.15, -0.1) is 5.48 Å². The molecule has 2 aromatic rings. The van der Waals surface area contributed by atoms with Crippen molar-refractivity contribution in [2.24, 2.45) is 16.6 Å². The average molecular weight is 433 g/mol. The van der Waals surface area contributed by atoms with Crippen molar-refractivity contribution in [1.82, 2.24) is 10.5 Å². The van der Waals surface area contributed by atoms with Crippen LogP contribution in [0.2, 0.25) is 5.02 Å². The van der Waals surface area contributed by atoms with Crippen molar-refractivity contribution >= 4 is 29.2 Å². The fourth-order valence-electron chi connectivity index (χ4n) is 3.54. The summed E-state index contributed by atoms with van der Waals surface area (Å²) in [4.78, 5) is 25.5. The van der Waals surface area contributed by atoms with E-state index in [4.69, 9.17) is 27.4 Å². The van der Waals surface area contributed by atoms with E-state index >= 15 is 0 Å². The van der Waals surface area contributed by atoms with Crippen LogP contribution in [-0.2, 0) is 10.4 Å². The molecule has 1 saturated carbocycles. The summed E-state index contributed by atoms with van der Waals surface area (Å²) >= 11 is 6.34. The second kappa shape index (κ2) is 7.51. The number of aliphatic imine (C=N–C) groups is 1. The number of amidine groups is 1. The molecule has 11 heteroatoms. The van der Waals surface area contributed by atoms with Crippen molar-refractivity contribution in [2.75, 3.05) is 12.0 Å². The zero-order valence-corrected chi connectivity index (χ0v) is 16.1. The molecule has 1 amide bonds. The minimum Gasteiger partial charge on any atom is -0.371 e. The molecule has 2 heterocycles. The number of pyridine rings is 1. The van der Waals surface area contributed by atoms with E-state index in [0.29, 0.717) is 12.0 Å². The molecule has 4 N–H and O–H groups in total. The van der Waals surface area contributed by atoms with Crippen LogP contribution in [0.15, 0.2) is 35.5 Å². The zero-order chi connectivity index (χ0) is 21.5. The Kier molecular flexibility index (Phi) is 5.01. The normalized spacial score (nSPS) is 24.5. The summed E-state index contributed by atoms with van der Waals surface area (Å²) in [6.07, 6.45) is 1.70. The van der Waals surface area contributed by atoms with Gasteiger partial charge in [0, 0.05) is 34.4 Å². The van der Waals surface area contributed by atoms with Gasteiger partial charge in [-0.25, -0.2) is 18.8 Å². The number of carbonyl (C=O) groups excluding carboxylic acids is 1. The topological polar surface area (TPSA) is 125 Å². The predicted molar refractivity (Wildman–Crippen MR) is 104 cm³/mol. The first-order valence-corrected chi connectivity index (χ1v) is 9.26. The van der Waals surface area contributed by atoms with Crippen LogP contribution in [0.25, 0.3) is 0 Å². The van der Waals surface area contributed by atoms with E-state index in [9.17, 15) is 13.6 Å². The summed E-state index contributed by atoms with van der Waals surface area (Å²) in [5.74, 6) is -2.02. The molecule has 1 aromatic heterocycles. The van der Waals surface area contributed by atoms with Gasteiger partial charge in [0.05, 0.1) is 5.56 Å². The molecule has 1 fully saturated rings. The third-order valence-electron chi connectivity index (χ3n) is 5.11. The van der Waals surface area contributed by atoms with Crippen LogP contribution in [-0.4, -0.2) is 29.6 Å². The Hall–Kier alpha value is -3.29. The Balaban J connectivity index is 1.68. The molecule has 0 bridgehead atoms. The largest absolute Gasteiger partial charge is 0.371 e. The molecule has 3 atom stereocenters. The molecule has 1 aliphatic carbocycles. The van der Waals surface area contributed by atoms with Crippen LogP contribution in [0.1, 0.15) is 28.0 Å². The Morgan fingerprint density at radius 3 is 3.00 bits per heavy atom. The van der Waals surface area contributed by atoms with E-state index in [0.717, 1.165) is 12.3 Å². The number of nitriles is 1. The number of rotatable bonds is 4. The van der Waals surface area contributed by atoms with Gasteiger partial charge in [0.2, 0.25) is 0 Å². The van der Waals surface area contributed by atoms with Crippen LogP contribution in [0.4, 0.5) is 14.5 Å². The lowest BCUT2D eigenvalue weighted by atomic mass is 9.86. The number of hydroxylamine groups is 1. The number of alkyl halides is 1. The maximum atomic E-state index is 14.3. The van der Waals surface area contributed by atoms with E-state index in [1.54, 1.807) is 6.07 Å². The minimum absolute atomic E-state index is 0.0126. The van der Waals surface area contributed by atoms with Gasteiger partial charge in [-0.05, 0) is 30.7 Å². The highest BCUT2D eigenvalue weighted by molar-refractivity contribution is 6.31. The highest BCUT2D eigenvalue weighted by Crippen LogP contribution is 2.52. The van der Waals surface area contributed by atoms with Gasteiger partial charge < -0.3 is 15.9 Å². The van der Waals surface area contributed by atoms with Crippen molar-refractivity contribution in [1.29, 1.82) is 5.26 Å². The second-order valence-corrected chi connectivity index (χ2v) is 7.40. The average Bonchev–Trinajstić information content (AvgIpc) is 3.52. The number of amides is 1. The zero-order valence-electron chi connectivity index (χ0n) is 15.3. The maximum Gasteiger partial charge on any atom is 0.303 e. The number of nitrogens with zero attached hydrogens (tertiary/aromatic N) is 3. The number of benzene rings is 1. The molecule has 30 heavy (non-hydrogen) atoms. The first-order valence-electron chi connectivity index (χ1n) is 8.88. The number of nitrogens with two attached hydrogens (primary N) is 1. The molecule has 8 nitrogen and oxygen atoms in total. The standard InChI is InChI=1S/C19H15ClF2N6O2/c20-13-2-1-10(26-17(29)16-14(22)3-9(6-23)7-25-16)4-11(13)19(8-21)12-5-15(12)28-30-18(24)27-19/h1-4,7,12,15,28H,5,8H2,(H2,24,27)(H,26,29)/t12-,15+,19+/m0/s1. The molecule has 0 unspecified atom stereocenters. The molecular weight excluding hydrogens is 418 g/mol. The molecule has 1 aromatic carbocycles. The third kappa shape index (κ3) is 3.42. The smallest absolute Gasteiger partial charge is 0.303 e. The minimum atomic E-state index is -1.38. The second-order valence-electron chi connectivity index (χ2n) is 6.99. The molecule has 0 spiro atoms. The summed E-state index contributed by atoms with van der Waals surface area (Å²) in [5, 5.41) is 11.5. The SMILES string of the molecule is N#Cc1cnc(C(=O)Nc2ccc(Cl)c([C@@]3(CF)N=C(N)ON[C@@H]4C[C@@H]43)c2)c(F)c1. The van der Waals surface area contributed by atoms with E-state index < -0.39 is 29.6 Å². The van der Waals surface area contributed by atoms with Crippen LogP contribution < -0.4 is 16.5 Å². The lowest BCUT2D eigenvalue weighted by molar-refractivity contribution is 0.101. The van der Waals surface area contributed by atoms with Gasteiger partial charge in [0.25, 0.3) is 5.91 Å². The monoisotopic (exact) mass is 432 g/mol. The molecule has 4 rings (SSSR count). The molecular formula is C19H15ClF2N6O2. The van der Waals surface area contributed by atoms with Crippen LogP contribution in [0, 0.1) is 23.1 Å². The Bertz CT molecular complexity index is 1100. The Morgan fingerprint density at radius 1 is 1.50 bits per heavy atom. The van der Waals surface area contributed by atoms with E-state index in [1.165, 1.54) is 18.2 Å². The van der Waals surface area contributed by atoms with Gasteiger partial charge in [0.15, 0.2) is 11.5 Å². The first-order chi connectivity index (χ1) is 14.4. The Morgan fingerprint density at radius 2 is 2.30 bits per heavy atom. The number of carbonyl (C=O) groups is 1. The summed E-state index contributed by atoms with van der Waals surface area (Å²) in [6.45, 7) is -0.886. The quantitative estimate of drug-likeness (QED) is 0.681. The highest BCUT2D eigenvalue weighted by Gasteiger charge is 2.57. The molecule has 2 aliphatic rings.